The average molecular weight is 589 g/mol. The second-order valence-electron chi connectivity index (χ2n) is 10.6. The molecule has 42 heavy (non-hydrogen) atoms. The van der Waals surface area contributed by atoms with Gasteiger partial charge in [0.05, 0.1) is 29.9 Å². The molecule has 2 amide bonds. The van der Waals surface area contributed by atoms with Gasteiger partial charge in [-0.1, -0.05) is 17.8 Å². The van der Waals surface area contributed by atoms with Gasteiger partial charge in [-0.25, -0.2) is 14.4 Å². The van der Waals surface area contributed by atoms with E-state index in [1.54, 1.807) is 53.3 Å². The van der Waals surface area contributed by atoms with Crippen LogP contribution in [0.4, 0.5) is 10.1 Å². The third-order valence-corrected chi connectivity index (χ3v) is 9.13. The van der Waals surface area contributed by atoms with Crippen LogP contribution in [-0.4, -0.2) is 62.4 Å². The van der Waals surface area contributed by atoms with Crippen molar-refractivity contribution in [1.82, 2.24) is 20.2 Å². The Morgan fingerprint density at radius 2 is 1.93 bits per heavy atom. The fourth-order valence-electron chi connectivity index (χ4n) is 5.66. The first kappa shape index (κ1) is 27.9. The van der Waals surface area contributed by atoms with E-state index in [1.165, 1.54) is 6.07 Å². The molecule has 0 saturated carbocycles. The Hall–Kier alpha value is -4.21. The second kappa shape index (κ2) is 12.0. The molecule has 6 rings (SSSR count). The van der Waals surface area contributed by atoms with Gasteiger partial charge in [0.25, 0.3) is 5.91 Å². The van der Waals surface area contributed by atoms with Gasteiger partial charge in [-0.05, 0) is 49.6 Å². The molecule has 4 heterocycles. The SMILES string of the molecule is N#Cc1ccc(N2CCC(Sc3ncc(COc4cccc5c4CN([C@@H]4CCC(=O)NC4O)C5=O)cn3)CC2)c(F)c1. The van der Waals surface area contributed by atoms with Crippen molar-refractivity contribution in [3.63, 3.8) is 0 Å². The van der Waals surface area contributed by atoms with Crippen molar-refractivity contribution < 1.29 is 23.8 Å². The van der Waals surface area contributed by atoms with E-state index in [0.717, 1.165) is 24.0 Å². The van der Waals surface area contributed by atoms with Crippen molar-refractivity contribution in [2.75, 3.05) is 18.0 Å². The van der Waals surface area contributed by atoms with Crippen LogP contribution < -0.4 is 15.0 Å². The Morgan fingerprint density at radius 3 is 2.64 bits per heavy atom. The monoisotopic (exact) mass is 588 g/mol. The van der Waals surface area contributed by atoms with Crippen LogP contribution in [-0.2, 0) is 17.9 Å². The molecule has 1 unspecified atom stereocenters. The Balaban J connectivity index is 1.02. The highest BCUT2D eigenvalue weighted by atomic mass is 32.2. The van der Waals surface area contributed by atoms with E-state index >= 15 is 0 Å². The highest BCUT2D eigenvalue weighted by molar-refractivity contribution is 7.99. The summed E-state index contributed by atoms with van der Waals surface area (Å²) in [7, 11) is 0. The number of hydrogen-bond donors (Lipinski definition) is 2. The maximum absolute atomic E-state index is 14.4. The zero-order valence-corrected chi connectivity index (χ0v) is 23.5. The molecular formula is C30H29FN6O4S. The molecule has 0 bridgehead atoms. The number of carbonyl (C=O) groups is 2. The lowest BCUT2D eigenvalue weighted by Gasteiger charge is -2.35. The van der Waals surface area contributed by atoms with Gasteiger partial charge in [-0.2, -0.15) is 5.26 Å². The van der Waals surface area contributed by atoms with Gasteiger partial charge in [0.15, 0.2) is 5.16 Å². The molecule has 2 N–H and O–H groups in total. The number of aliphatic hydroxyl groups excluding tert-OH is 1. The number of nitriles is 1. The van der Waals surface area contributed by atoms with Crippen LogP contribution in [0.1, 0.15) is 52.7 Å². The van der Waals surface area contributed by atoms with Gasteiger partial charge in [0, 0.05) is 53.8 Å². The van der Waals surface area contributed by atoms with Gasteiger partial charge in [-0.15, -0.1) is 0 Å². The van der Waals surface area contributed by atoms with Crippen LogP contribution >= 0.6 is 11.8 Å². The fraction of sp³-hybridized carbons (Fsp3) is 0.367. The van der Waals surface area contributed by atoms with Crippen LogP contribution in [0.15, 0.2) is 53.9 Å². The molecule has 2 aromatic carbocycles. The van der Waals surface area contributed by atoms with Crippen molar-refractivity contribution in [3.05, 3.63) is 76.9 Å². The van der Waals surface area contributed by atoms with E-state index in [0.29, 0.717) is 59.0 Å². The normalized spacial score (nSPS) is 20.7. The third-order valence-electron chi connectivity index (χ3n) is 7.90. The lowest BCUT2D eigenvalue weighted by Crippen LogP contribution is -2.55. The number of aliphatic hydroxyl groups is 1. The Bertz CT molecular complexity index is 1540. The molecule has 216 valence electrons. The molecule has 3 aliphatic heterocycles. The molecule has 2 saturated heterocycles. The van der Waals surface area contributed by atoms with Crippen molar-refractivity contribution in [3.8, 4) is 11.8 Å². The van der Waals surface area contributed by atoms with Gasteiger partial charge in [0.1, 0.15) is 24.4 Å². The summed E-state index contributed by atoms with van der Waals surface area (Å²) in [5.41, 5.74) is 2.92. The first-order chi connectivity index (χ1) is 20.4. The summed E-state index contributed by atoms with van der Waals surface area (Å²) in [6, 6.07) is 11.4. The summed E-state index contributed by atoms with van der Waals surface area (Å²) >= 11 is 1.61. The first-order valence-electron chi connectivity index (χ1n) is 13.8. The minimum Gasteiger partial charge on any atom is -0.488 e. The zero-order valence-electron chi connectivity index (χ0n) is 22.7. The maximum atomic E-state index is 14.4. The first-order valence-corrected chi connectivity index (χ1v) is 14.7. The Morgan fingerprint density at radius 1 is 1.14 bits per heavy atom. The summed E-state index contributed by atoms with van der Waals surface area (Å²) in [6.45, 7) is 1.95. The molecular weight excluding hydrogens is 559 g/mol. The van der Waals surface area contributed by atoms with Gasteiger partial charge in [0.2, 0.25) is 5.91 Å². The van der Waals surface area contributed by atoms with Crippen LogP contribution in [0, 0.1) is 17.1 Å². The number of ether oxygens (including phenoxy) is 1. The van der Waals surface area contributed by atoms with E-state index in [4.69, 9.17) is 10.00 Å². The standard InChI is InChI=1S/C30H29FN6O4S/c31-23-12-18(13-32)4-5-24(23)36-10-8-20(9-11-36)42-30-33-14-19(15-34-30)17-41-26-3-1-2-21-22(26)16-37(29(21)40)25-6-7-27(38)35-28(25)39/h1-5,12,14-15,20,25,28,39H,6-11,16-17H2,(H,35,38)/t25-,28?/m1/s1. The minimum absolute atomic E-state index is 0.187. The molecule has 3 aliphatic rings. The van der Waals surface area contributed by atoms with E-state index in [1.807, 2.05) is 17.0 Å². The number of thioether (sulfide) groups is 1. The van der Waals surface area contributed by atoms with Crippen molar-refractivity contribution in [1.29, 1.82) is 5.26 Å². The lowest BCUT2D eigenvalue weighted by molar-refractivity contribution is -0.129. The molecule has 0 radical (unpaired) electrons. The molecule has 12 heteroatoms. The fourth-order valence-corrected chi connectivity index (χ4v) is 6.63. The zero-order chi connectivity index (χ0) is 29.2. The minimum atomic E-state index is -1.10. The van der Waals surface area contributed by atoms with E-state index in [9.17, 15) is 19.1 Å². The van der Waals surface area contributed by atoms with Crippen LogP contribution in [0.2, 0.25) is 0 Å². The summed E-state index contributed by atoms with van der Waals surface area (Å²) in [5, 5.41) is 22.8. The predicted molar refractivity (Wildman–Crippen MR) is 152 cm³/mol. The number of carbonyl (C=O) groups excluding carboxylic acids is 2. The molecule has 10 nitrogen and oxygen atoms in total. The van der Waals surface area contributed by atoms with E-state index in [-0.39, 0.29) is 30.7 Å². The number of aromatic nitrogens is 2. The Labute approximate surface area is 246 Å². The summed E-state index contributed by atoms with van der Waals surface area (Å²) in [6.07, 6.45) is 4.75. The van der Waals surface area contributed by atoms with E-state index in [2.05, 4.69) is 15.3 Å². The van der Waals surface area contributed by atoms with Crippen molar-refractivity contribution in [2.24, 2.45) is 0 Å². The molecule has 0 spiro atoms. The molecule has 1 aromatic heterocycles. The van der Waals surface area contributed by atoms with Gasteiger partial charge < -0.3 is 25.0 Å². The summed E-state index contributed by atoms with van der Waals surface area (Å²) in [5.74, 6) is -0.196. The van der Waals surface area contributed by atoms with E-state index < -0.39 is 12.3 Å². The number of fused-ring (bicyclic) bond motifs is 1. The Kier molecular flexibility index (Phi) is 7.95. The number of anilines is 1. The smallest absolute Gasteiger partial charge is 0.255 e. The quantitative estimate of drug-likeness (QED) is 0.399. The topological polar surface area (TPSA) is 132 Å². The number of amides is 2. The number of nitrogens with zero attached hydrogens (tertiary/aromatic N) is 5. The lowest BCUT2D eigenvalue weighted by atomic mass is 10.0. The molecule has 2 atom stereocenters. The van der Waals surface area contributed by atoms with Crippen LogP contribution in [0.3, 0.4) is 0 Å². The second-order valence-corrected chi connectivity index (χ2v) is 11.8. The largest absolute Gasteiger partial charge is 0.488 e. The maximum Gasteiger partial charge on any atom is 0.255 e. The number of hydrogen-bond acceptors (Lipinski definition) is 9. The number of nitrogens with one attached hydrogen (secondary N) is 1. The molecule has 3 aromatic rings. The number of piperidine rings is 2. The van der Waals surface area contributed by atoms with Crippen LogP contribution in [0.5, 0.6) is 5.75 Å². The predicted octanol–water partition coefficient (Wildman–Crippen LogP) is 3.38. The third kappa shape index (κ3) is 5.75. The van der Waals surface area contributed by atoms with Gasteiger partial charge >= 0.3 is 0 Å². The van der Waals surface area contributed by atoms with Crippen LogP contribution in [0.25, 0.3) is 0 Å². The van der Waals surface area contributed by atoms with Gasteiger partial charge in [-0.3, -0.25) is 9.59 Å². The highest BCUT2D eigenvalue weighted by Crippen LogP contribution is 2.35. The van der Waals surface area contributed by atoms with Crippen molar-refractivity contribution in [2.45, 2.75) is 61.5 Å². The summed E-state index contributed by atoms with van der Waals surface area (Å²) in [4.78, 5) is 37.3. The summed E-state index contributed by atoms with van der Waals surface area (Å²) < 4.78 is 20.5. The molecule has 2 fully saturated rings. The molecule has 0 aliphatic carbocycles. The number of benzene rings is 2. The number of halogens is 1. The highest BCUT2D eigenvalue weighted by Gasteiger charge is 2.40. The van der Waals surface area contributed by atoms with Crippen molar-refractivity contribution >= 4 is 29.3 Å². The average Bonchev–Trinajstić information content (AvgIpc) is 3.33. The number of rotatable bonds is 7.